The second kappa shape index (κ2) is 8.44. The standard InChI is InChI=1S/C27H24O7/c1-27(19-10-12-21(29)25(33)23(19)31,20-11-13-22(30)26(34)24(20)32)17-6-2-15(3-7-17)14-16-4-8-18(28)9-5-16/h2-13,28-34H,14H2,1H3. The summed E-state index contributed by atoms with van der Waals surface area (Å²) < 4.78 is 0. The molecule has 0 heterocycles. The van der Waals surface area contributed by atoms with Gasteiger partial charge in [-0.15, -0.1) is 0 Å². The number of benzene rings is 4. The summed E-state index contributed by atoms with van der Waals surface area (Å²) in [5, 5.41) is 70.8. The van der Waals surface area contributed by atoms with E-state index in [1.807, 2.05) is 24.3 Å². The monoisotopic (exact) mass is 460 g/mol. The van der Waals surface area contributed by atoms with Crippen molar-refractivity contribution in [1.82, 2.24) is 0 Å². The van der Waals surface area contributed by atoms with Gasteiger partial charge >= 0.3 is 0 Å². The first kappa shape index (κ1) is 22.7. The molecule has 7 nitrogen and oxygen atoms in total. The Labute approximate surface area is 195 Å². The maximum Gasteiger partial charge on any atom is 0.200 e. The van der Waals surface area contributed by atoms with Crippen LogP contribution >= 0.6 is 0 Å². The molecule has 0 saturated heterocycles. The first-order valence-electron chi connectivity index (χ1n) is 10.5. The fourth-order valence-corrected chi connectivity index (χ4v) is 4.21. The van der Waals surface area contributed by atoms with Crippen molar-refractivity contribution in [3.05, 3.63) is 101 Å². The molecule has 0 aliphatic carbocycles. The minimum Gasteiger partial charge on any atom is -0.508 e. The summed E-state index contributed by atoms with van der Waals surface area (Å²) in [6.07, 6.45) is 0.605. The van der Waals surface area contributed by atoms with Crippen LogP contribution in [-0.2, 0) is 11.8 Å². The highest BCUT2D eigenvalue weighted by Crippen LogP contribution is 2.52. The zero-order valence-corrected chi connectivity index (χ0v) is 18.3. The van der Waals surface area contributed by atoms with Crippen molar-refractivity contribution in [2.75, 3.05) is 0 Å². The lowest BCUT2D eigenvalue weighted by Crippen LogP contribution is -2.25. The van der Waals surface area contributed by atoms with E-state index in [4.69, 9.17) is 0 Å². The Kier molecular flexibility index (Phi) is 5.63. The predicted octanol–water partition coefficient (Wildman–Crippen LogP) is 4.57. The number of phenolic OH excluding ortho intramolecular Hbond substituents is 7. The van der Waals surface area contributed by atoms with E-state index in [0.717, 1.165) is 11.1 Å². The molecule has 0 bridgehead atoms. The normalized spacial score (nSPS) is 11.4. The molecule has 0 atom stereocenters. The SMILES string of the molecule is CC(c1ccc(Cc2ccc(O)cc2)cc1)(c1ccc(O)c(O)c1O)c1ccc(O)c(O)c1O. The van der Waals surface area contributed by atoms with Crippen molar-refractivity contribution in [1.29, 1.82) is 0 Å². The molecule has 0 aliphatic heterocycles. The zero-order chi connectivity index (χ0) is 24.6. The highest BCUT2D eigenvalue weighted by molar-refractivity contribution is 5.66. The van der Waals surface area contributed by atoms with Gasteiger partial charge in [-0.2, -0.15) is 0 Å². The smallest absolute Gasteiger partial charge is 0.200 e. The molecular weight excluding hydrogens is 436 g/mol. The lowest BCUT2D eigenvalue weighted by molar-refractivity contribution is 0.355. The summed E-state index contributed by atoms with van der Waals surface area (Å²) in [7, 11) is 0. The number of rotatable bonds is 5. The van der Waals surface area contributed by atoms with E-state index in [-0.39, 0.29) is 16.9 Å². The third-order valence-electron chi connectivity index (χ3n) is 6.21. The topological polar surface area (TPSA) is 142 Å². The molecule has 0 radical (unpaired) electrons. The van der Waals surface area contributed by atoms with Gasteiger partial charge in [-0.25, -0.2) is 0 Å². The summed E-state index contributed by atoms with van der Waals surface area (Å²) in [6.45, 7) is 1.68. The van der Waals surface area contributed by atoms with E-state index >= 15 is 0 Å². The number of hydrogen-bond acceptors (Lipinski definition) is 7. The molecule has 0 aromatic heterocycles. The summed E-state index contributed by atoms with van der Waals surface area (Å²) in [4.78, 5) is 0. The van der Waals surface area contributed by atoms with E-state index in [9.17, 15) is 35.7 Å². The minimum atomic E-state index is -1.30. The quantitative estimate of drug-likeness (QED) is 0.171. The molecule has 7 N–H and O–H groups in total. The van der Waals surface area contributed by atoms with Crippen molar-refractivity contribution >= 4 is 0 Å². The third-order valence-corrected chi connectivity index (χ3v) is 6.21. The molecule has 0 spiro atoms. The summed E-state index contributed by atoms with van der Waals surface area (Å²) >= 11 is 0. The number of phenols is 7. The van der Waals surface area contributed by atoms with Gasteiger partial charge in [-0.3, -0.25) is 0 Å². The Hall–Kier alpha value is -4.52. The second-order valence-electron chi connectivity index (χ2n) is 8.32. The van der Waals surface area contributed by atoms with Crippen LogP contribution in [0.15, 0.2) is 72.8 Å². The van der Waals surface area contributed by atoms with Crippen LogP contribution in [0.3, 0.4) is 0 Å². The van der Waals surface area contributed by atoms with Gasteiger partial charge in [0, 0.05) is 16.5 Å². The van der Waals surface area contributed by atoms with Crippen LogP contribution in [-0.4, -0.2) is 35.7 Å². The van der Waals surface area contributed by atoms with E-state index in [1.165, 1.54) is 24.3 Å². The van der Waals surface area contributed by atoms with Crippen LogP contribution in [0.2, 0.25) is 0 Å². The molecule has 34 heavy (non-hydrogen) atoms. The molecule has 0 amide bonds. The fourth-order valence-electron chi connectivity index (χ4n) is 4.21. The Bertz CT molecular complexity index is 1290. The molecule has 4 rings (SSSR count). The van der Waals surface area contributed by atoms with Crippen molar-refractivity contribution in [2.24, 2.45) is 0 Å². The zero-order valence-electron chi connectivity index (χ0n) is 18.3. The summed E-state index contributed by atoms with van der Waals surface area (Å²) in [5.41, 5.74) is 1.58. The molecule has 174 valence electrons. The molecule has 7 heteroatoms. The van der Waals surface area contributed by atoms with Crippen LogP contribution in [0.5, 0.6) is 40.2 Å². The van der Waals surface area contributed by atoms with E-state index < -0.39 is 39.9 Å². The fraction of sp³-hybridized carbons (Fsp3) is 0.111. The van der Waals surface area contributed by atoms with Crippen LogP contribution in [0.1, 0.15) is 34.7 Å². The van der Waals surface area contributed by atoms with Gasteiger partial charge in [0.25, 0.3) is 0 Å². The first-order chi connectivity index (χ1) is 16.1. The maximum atomic E-state index is 10.7. The van der Waals surface area contributed by atoms with E-state index in [2.05, 4.69) is 0 Å². The Morgan fingerprint density at radius 1 is 0.500 bits per heavy atom. The summed E-state index contributed by atoms with van der Waals surface area (Å²) in [5.74, 6) is -3.42. The average Bonchev–Trinajstić information content (AvgIpc) is 2.82. The number of aromatic hydroxyl groups is 7. The predicted molar refractivity (Wildman–Crippen MR) is 126 cm³/mol. The van der Waals surface area contributed by atoms with Crippen LogP contribution in [0.25, 0.3) is 0 Å². The van der Waals surface area contributed by atoms with Crippen LogP contribution < -0.4 is 0 Å². The minimum absolute atomic E-state index is 0.162. The molecule has 0 unspecified atom stereocenters. The highest BCUT2D eigenvalue weighted by Gasteiger charge is 2.38. The molecule has 4 aromatic carbocycles. The van der Waals surface area contributed by atoms with Gasteiger partial charge in [0.05, 0.1) is 0 Å². The van der Waals surface area contributed by atoms with Gasteiger partial charge in [-0.05, 0) is 54.3 Å². The summed E-state index contributed by atoms with van der Waals surface area (Å²) in [6, 6.07) is 19.5. The van der Waals surface area contributed by atoms with E-state index in [1.54, 1.807) is 31.2 Å². The third kappa shape index (κ3) is 3.77. The van der Waals surface area contributed by atoms with Gasteiger partial charge < -0.3 is 35.7 Å². The lowest BCUT2D eigenvalue weighted by atomic mass is 9.70. The Morgan fingerprint density at radius 3 is 1.35 bits per heavy atom. The first-order valence-corrected chi connectivity index (χ1v) is 10.5. The van der Waals surface area contributed by atoms with Crippen molar-refractivity contribution in [3.63, 3.8) is 0 Å². The van der Waals surface area contributed by atoms with Crippen molar-refractivity contribution in [2.45, 2.75) is 18.8 Å². The van der Waals surface area contributed by atoms with Crippen LogP contribution in [0.4, 0.5) is 0 Å². The van der Waals surface area contributed by atoms with Gasteiger partial charge in [-0.1, -0.05) is 48.5 Å². The van der Waals surface area contributed by atoms with Gasteiger partial charge in [0.1, 0.15) is 5.75 Å². The lowest BCUT2D eigenvalue weighted by Gasteiger charge is -2.33. The molecule has 0 aliphatic rings. The highest BCUT2D eigenvalue weighted by atomic mass is 16.3. The van der Waals surface area contributed by atoms with E-state index in [0.29, 0.717) is 12.0 Å². The van der Waals surface area contributed by atoms with Crippen molar-refractivity contribution in [3.8, 4) is 40.2 Å². The van der Waals surface area contributed by atoms with Crippen molar-refractivity contribution < 1.29 is 35.7 Å². The molecule has 0 saturated carbocycles. The largest absolute Gasteiger partial charge is 0.508 e. The van der Waals surface area contributed by atoms with Gasteiger partial charge in [0.15, 0.2) is 23.0 Å². The number of hydrogen-bond donors (Lipinski definition) is 7. The maximum absolute atomic E-state index is 10.7. The molecular formula is C27H24O7. The second-order valence-corrected chi connectivity index (χ2v) is 8.32. The van der Waals surface area contributed by atoms with Crippen LogP contribution in [0, 0.1) is 0 Å². The van der Waals surface area contributed by atoms with Gasteiger partial charge in [0.2, 0.25) is 11.5 Å². The molecule has 4 aromatic rings. The average molecular weight is 460 g/mol. The Balaban J connectivity index is 1.86. The Morgan fingerprint density at radius 2 is 0.912 bits per heavy atom. The molecule has 0 fully saturated rings.